The van der Waals surface area contributed by atoms with Crippen LogP contribution in [0.5, 0.6) is 5.75 Å². The van der Waals surface area contributed by atoms with E-state index in [0.717, 1.165) is 5.75 Å². The van der Waals surface area contributed by atoms with Crippen LogP contribution in [0.25, 0.3) is 11.1 Å². The molecule has 2 aromatic carbocycles. The van der Waals surface area contributed by atoms with Gasteiger partial charge in [0.2, 0.25) is 0 Å². The number of rotatable bonds is 3. The van der Waals surface area contributed by atoms with E-state index in [1.165, 1.54) is 35.1 Å². The normalized spacial score (nSPS) is 23.0. The molecule has 1 heteroatoms. The van der Waals surface area contributed by atoms with Crippen molar-refractivity contribution in [2.45, 2.75) is 12.8 Å². The van der Waals surface area contributed by atoms with Gasteiger partial charge in [0.25, 0.3) is 0 Å². The Hall–Kier alpha value is -2.28. The minimum atomic E-state index is 0.550. The summed E-state index contributed by atoms with van der Waals surface area (Å²) in [6.07, 6.45) is 7.51. The van der Waals surface area contributed by atoms with Crippen molar-refractivity contribution in [1.29, 1.82) is 0 Å². The second kappa shape index (κ2) is 5.49. The maximum absolute atomic E-state index is 5.26. The first-order valence-electron chi connectivity index (χ1n) is 7.98. The number of hydrogen-bond acceptors (Lipinski definition) is 1. The van der Waals surface area contributed by atoms with Crippen LogP contribution < -0.4 is 4.74 Å². The van der Waals surface area contributed by atoms with Crippen molar-refractivity contribution in [3.63, 3.8) is 0 Å². The molecule has 2 atom stereocenters. The van der Waals surface area contributed by atoms with Crippen molar-refractivity contribution in [3.8, 4) is 5.75 Å². The lowest BCUT2D eigenvalue weighted by Gasteiger charge is -2.35. The molecule has 0 unspecified atom stereocenters. The van der Waals surface area contributed by atoms with E-state index in [9.17, 15) is 0 Å². The summed E-state index contributed by atoms with van der Waals surface area (Å²) in [7, 11) is 1.71. The molecule has 0 aromatic heterocycles. The van der Waals surface area contributed by atoms with E-state index in [4.69, 9.17) is 4.74 Å². The molecule has 0 fully saturated rings. The maximum Gasteiger partial charge on any atom is 0.118 e. The second-order valence-corrected chi connectivity index (χ2v) is 6.13. The first kappa shape index (κ1) is 13.4. The highest BCUT2D eigenvalue weighted by Crippen LogP contribution is 2.47. The highest BCUT2D eigenvalue weighted by molar-refractivity contribution is 5.82. The van der Waals surface area contributed by atoms with Crippen molar-refractivity contribution in [1.82, 2.24) is 0 Å². The van der Waals surface area contributed by atoms with Crippen molar-refractivity contribution >= 4 is 11.1 Å². The van der Waals surface area contributed by atoms with Gasteiger partial charge in [-0.25, -0.2) is 0 Å². The summed E-state index contributed by atoms with van der Waals surface area (Å²) in [6.45, 7) is 0. The van der Waals surface area contributed by atoms with Crippen LogP contribution in [0.3, 0.4) is 0 Å². The summed E-state index contributed by atoms with van der Waals surface area (Å²) >= 11 is 0. The van der Waals surface area contributed by atoms with E-state index >= 15 is 0 Å². The Morgan fingerprint density at radius 1 is 0.727 bits per heavy atom. The molecule has 0 heterocycles. The van der Waals surface area contributed by atoms with Gasteiger partial charge >= 0.3 is 0 Å². The Bertz CT molecular complexity index is 722. The van der Waals surface area contributed by atoms with Crippen LogP contribution >= 0.6 is 0 Å². The maximum atomic E-state index is 5.26. The molecule has 3 aliphatic carbocycles. The minimum Gasteiger partial charge on any atom is -0.497 e. The van der Waals surface area contributed by atoms with Crippen LogP contribution in [0.15, 0.2) is 66.7 Å². The van der Waals surface area contributed by atoms with Crippen molar-refractivity contribution < 1.29 is 4.74 Å². The molecule has 5 rings (SSSR count). The van der Waals surface area contributed by atoms with Gasteiger partial charge in [-0.2, -0.15) is 0 Å². The third-order valence-corrected chi connectivity index (χ3v) is 4.88. The van der Waals surface area contributed by atoms with E-state index < -0.39 is 0 Å². The van der Waals surface area contributed by atoms with Crippen molar-refractivity contribution in [3.05, 3.63) is 77.9 Å². The van der Waals surface area contributed by atoms with Crippen molar-refractivity contribution in [2.24, 2.45) is 11.8 Å². The molecule has 22 heavy (non-hydrogen) atoms. The first-order valence-corrected chi connectivity index (χ1v) is 7.98. The van der Waals surface area contributed by atoms with E-state index in [0.29, 0.717) is 11.8 Å². The number of allylic oxidation sites excluding steroid dienone is 4. The van der Waals surface area contributed by atoms with Crippen LogP contribution in [0.2, 0.25) is 0 Å². The molecule has 110 valence electrons. The lowest BCUT2D eigenvalue weighted by molar-refractivity contribution is 0.414. The van der Waals surface area contributed by atoms with Crippen LogP contribution in [0.1, 0.15) is 24.0 Å². The Morgan fingerprint density at radius 2 is 1.27 bits per heavy atom. The fraction of sp³-hybridized carbons (Fsp3) is 0.238. The van der Waals surface area contributed by atoms with Gasteiger partial charge in [-0.3, -0.25) is 0 Å². The predicted octanol–water partition coefficient (Wildman–Crippen LogP) is 5.20. The molecule has 0 amide bonds. The molecule has 0 saturated heterocycles. The van der Waals surface area contributed by atoms with E-state index in [1.54, 1.807) is 7.11 Å². The predicted molar refractivity (Wildman–Crippen MR) is 91.6 cm³/mol. The molecule has 0 radical (unpaired) electrons. The largest absolute Gasteiger partial charge is 0.497 e. The topological polar surface area (TPSA) is 9.23 Å². The molecule has 0 spiro atoms. The molecular weight excluding hydrogens is 268 g/mol. The summed E-state index contributed by atoms with van der Waals surface area (Å²) in [5.74, 6) is 2.03. The fourth-order valence-electron chi connectivity index (χ4n) is 3.73. The standard InChI is InChI=1S/C21H20O/c1-22-19-11-9-16(10-12-19)21-14-17-7-8-18(21)13-20(17)15-5-3-2-4-6-15/h2-6,9-14,17-18H,7-8H2,1H3/t17-,18-/m1/s1. The van der Waals surface area contributed by atoms with Gasteiger partial charge in [-0.05, 0) is 47.2 Å². The summed E-state index contributed by atoms with van der Waals surface area (Å²) in [4.78, 5) is 0. The summed E-state index contributed by atoms with van der Waals surface area (Å²) < 4.78 is 5.26. The Labute approximate surface area is 131 Å². The monoisotopic (exact) mass is 288 g/mol. The first-order chi connectivity index (χ1) is 10.8. The summed E-state index contributed by atoms with van der Waals surface area (Å²) in [6, 6.07) is 19.3. The third-order valence-electron chi connectivity index (χ3n) is 4.88. The molecule has 1 nitrogen and oxygen atoms in total. The fourth-order valence-corrected chi connectivity index (χ4v) is 3.73. The van der Waals surface area contributed by atoms with Crippen molar-refractivity contribution in [2.75, 3.05) is 7.11 Å². The third kappa shape index (κ3) is 2.27. The molecule has 3 aliphatic rings. The lowest BCUT2D eigenvalue weighted by atomic mass is 9.69. The SMILES string of the molecule is COc1ccc(C2=C[C@H]3CC[C@@H]2C=C3c2ccccc2)cc1. The smallest absolute Gasteiger partial charge is 0.118 e. The van der Waals surface area contributed by atoms with E-state index in [1.807, 2.05) is 0 Å². The number of fused-ring (bicyclic) bond motifs is 1. The zero-order valence-electron chi connectivity index (χ0n) is 12.8. The zero-order valence-corrected chi connectivity index (χ0v) is 12.8. The average molecular weight is 288 g/mol. The van der Waals surface area contributed by atoms with Gasteiger partial charge in [-0.1, -0.05) is 54.6 Å². The molecule has 0 saturated carbocycles. The van der Waals surface area contributed by atoms with Crippen LogP contribution in [0, 0.1) is 11.8 Å². The number of methoxy groups -OCH3 is 1. The Morgan fingerprint density at radius 3 is 1.77 bits per heavy atom. The number of hydrogen-bond donors (Lipinski definition) is 0. The van der Waals surface area contributed by atoms with E-state index in [-0.39, 0.29) is 0 Å². The van der Waals surface area contributed by atoms with Gasteiger partial charge in [0.1, 0.15) is 5.75 Å². The number of benzene rings is 2. The van der Waals surface area contributed by atoms with Gasteiger partial charge in [0, 0.05) is 11.8 Å². The molecule has 2 bridgehead atoms. The van der Waals surface area contributed by atoms with Gasteiger partial charge in [0.15, 0.2) is 0 Å². The van der Waals surface area contributed by atoms with Gasteiger partial charge < -0.3 is 4.74 Å². The lowest BCUT2D eigenvalue weighted by Crippen LogP contribution is -2.20. The highest BCUT2D eigenvalue weighted by Gasteiger charge is 2.30. The van der Waals surface area contributed by atoms with Crippen LogP contribution in [0.4, 0.5) is 0 Å². The Balaban J connectivity index is 1.66. The molecular formula is C21H20O. The Kier molecular flexibility index (Phi) is 3.34. The summed E-state index contributed by atoms with van der Waals surface area (Å²) in [5, 5.41) is 0. The second-order valence-electron chi connectivity index (χ2n) is 6.13. The summed E-state index contributed by atoms with van der Waals surface area (Å²) in [5.41, 5.74) is 5.70. The van der Waals surface area contributed by atoms with Crippen LogP contribution in [-0.4, -0.2) is 7.11 Å². The minimum absolute atomic E-state index is 0.550. The van der Waals surface area contributed by atoms with Gasteiger partial charge in [0.05, 0.1) is 7.11 Å². The highest BCUT2D eigenvalue weighted by atomic mass is 16.5. The molecule has 0 aliphatic heterocycles. The van der Waals surface area contributed by atoms with Crippen LogP contribution in [-0.2, 0) is 0 Å². The quantitative estimate of drug-likeness (QED) is 0.754. The average Bonchev–Trinajstić information content (AvgIpc) is 2.63. The van der Waals surface area contributed by atoms with Gasteiger partial charge in [-0.15, -0.1) is 0 Å². The molecule has 0 N–H and O–H groups in total. The zero-order chi connectivity index (χ0) is 14.9. The molecule has 2 aromatic rings. The van der Waals surface area contributed by atoms with E-state index in [2.05, 4.69) is 66.7 Å². The number of ether oxygens (including phenoxy) is 1.